The highest BCUT2D eigenvalue weighted by atomic mass is 16.5. The summed E-state index contributed by atoms with van der Waals surface area (Å²) in [5, 5.41) is 0. The lowest BCUT2D eigenvalue weighted by molar-refractivity contribution is -0.119. The molecule has 1 amide bonds. The van der Waals surface area contributed by atoms with Gasteiger partial charge in [-0.15, -0.1) is 0 Å². The number of carbonyl (C=O) groups is 1. The van der Waals surface area contributed by atoms with Gasteiger partial charge in [0.15, 0.2) is 0 Å². The Morgan fingerprint density at radius 3 is 2.48 bits per heavy atom. The summed E-state index contributed by atoms with van der Waals surface area (Å²) in [7, 11) is 1.65. The van der Waals surface area contributed by atoms with E-state index < -0.39 is 0 Å². The lowest BCUT2D eigenvalue weighted by Crippen LogP contribution is -2.35. The van der Waals surface area contributed by atoms with Crippen molar-refractivity contribution < 1.29 is 9.53 Å². The smallest absolute Gasteiger partial charge is 0.250 e. The van der Waals surface area contributed by atoms with Gasteiger partial charge in [0.25, 0.3) is 0 Å². The zero-order valence-corrected chi connectivity index (χ0v) is 13.2. The van der Waals surface area contributed by atoms with Crippen molar-refractivity contribution >= 4 is 11.6 Å². The average molecular weight is 308 g/mol. The molecule has 0 saturated carbocycles. The monoisotopic (exact) mass is 308 g/mol. The fraction of sp³-hybridized carbons (Fsp3) is 0.316. The van der Waals surface area contributed by atoms with Crippen LogP contribution in [0.3, 0.4) is 0 Å². The van der Waals surface area contributed by atoms with E-state index in [1.54, 1.807) is 7.11 Å². The van der Waals surface area contributed by atoms with Crippen molar-refractivity contribution in [1.82, 2.24) is 4.90 Å². The van der Waals surface area contributed by atoms with Gasteiger partial charge in [0, 0.05) is 12.2 Å². The number of fused-ring (bicyclic) bond motifs is 1. The molecule has 2 atom stereocenters. The van der Waals surface area contributed by atoms with E-state index in [9.17, 15) is 4.79 Å². The number of anilines is 1. The summed E-state index contributed by atoms with van der Waals surface area (Å²) in [6, 6.07) is 17.7. The molecule has 0 bridgehead atoms. The van der Waals surface area contributed by atoms with Crippen molar-refractivity contribution in [2.24, 2.45) is 0 Å². The minimum Gasteiger partial charge on any atom is -0.497 e. The van der Waals surface area contributed by atoms with Gasteiger partial charge < -0.3 is 4.74 Å². The Morgan fingerprint density at radius 2 is 1.78 bits per heavy atom. The number of hydrogen-bond donors (Lipinski definition) is 0. The van der Waals surface area contributed by atoms with E-state index in [2.05, 4.69) is 17.0 Å². The minimum atomic E-state index is -0.161. The molecule has 0 aliphatic carbocycles. The van der Waals surface area contributed by atoms with Crippen LogP contribution in [0.4, 0.5) is 5.69 Å². The number of carbonyl (C=O) groups excluding carboxylic acids is 1. The van der Waals surface area contributed by atoms with Gasteiger partial charge in [0.2, 0.25) is 5.91 Å². The van der Waals surface area contributed by atoms with Gasteiger partial charge in [-0.2, -0.15) is 0 Å². The number of amides is 1. The van der Waals surface area contributed by atoms with E-state index in [1.165, 1.54) is 0 Å². The highest BCUT2D eigenvalue weighted by Gasteiger charge is 2.49. The van der Waals surface area contributed by atoms with Crippen molar-refractivity contribution in [3.8, 4) is 5.75 Å². The molecule has 2 aromatic carbocycles. The van der Waals surface area contributed by atoms with Gasteiger partial charge in [-0.05, 0) is 42.7 Å². The molecule has 4 nitrogen and oxygen atoms in total. The third kappa shape index (κ3) is 2.30. The number of hydrogen-bond acceptors (Lipinski definition) is 3. The van der Waals surface area contributed by atoms with E-state index in [0.717, 1.165) is 36.4 Å². The Kier molecular flexibility index (Phi) is 3.54. The number of methoxy groups -OCH3 is 1. The highest BCUT2D eigenvalue weighted by molar-refractivity contribution is 6.00. The maximum Gasteiger partial charge on any atom is 0.250 e. The summed E-state index contributed by atoms with van der Waals surface area (Å²) in [5.41, 5.74) is 2.03. The normalized spacial score (nSPS) is 24.0. The van der Waals surface area contributed by atoms with Crippen molar-refractivity contribution in [3.63, 3.8) is 0 Å². The SMILES string of the molecule is COc1ccc(N2C(=O)[C@@H](c3ccccc3)N3CCC[C@H]23)cc1. The molecule has 0 N–H and O–H groups in total. The van der Waals surface area contributed by atoms with Crippen LogP contribution in [0.5, 0.6) is 5.75 Å². The van der Waals surface area contributed by atoms with Crippen LogP contribution in [0.25, 0.3) is 0 Å². The van der Waals surface area contributed by atoms with Crippen LogP contribution in [0, 0.1) is 0 Å². The van der Waals surface area contributed by atoms with Crippen LogP contribution in [0.1, 0.15) is 24.4 Å². The largest absolute Gasteiger partial charge is 0.497 e. The molecule has 0 unspecified atom stereocenters. The summed E-state index contributed by atoms with van der Waals surface area (Å²) < 4.78 is 5.22. The third-order valence-corrected chi connectivity index (χ3v) is 4.83. The van der Waals surface area contributed by atoms with Gasteiger partial charge in [-0.3, -0.25) is 14.6 Å². The maximum absolute atomic E-state index is 13.1. The molecule has 2 saturated heterocycles. The molecule has 4 heteroatoms. The third-order valence-electron chi connectivity index (χ3n) is 4.83. The fourth-order valence-electron chi connectivity index (χ4n) is 3.78. The predicted octanol–water partition coefficient (Wildman–Crippen LogP) is 3.21. The molecule has 0 spiro atoms. The zero-order chi connectivity index (χ0) is 15.8. The second-order valence-electron chi connectivity index (χ2n) is 6.08. The molecule has 0 radical (unpaired) electrons. The molecule has 0 aromatic heterocycles. The van der Waals surface area contributed by atoms with Crippen LogP contribution in [0.15, 0.2) is 54.6 Å². The van der Waals surface area contributed by atoms with Crippen molar-refractivity contribution in [2.75, 3.05) is 18.6 Å². The van der Waals surface area contributed by atoms with Crippen molar-refractivity contribution in [1.29, 1.82) is 0 Å². The summed E-state index contributed by atoms with van der Waals surface area (Å²) in [5.74, 6) is 0.981. The first-order valence-corrected chi connectivity index (χ1v) is 8.07. The molecule has 2 heterocycles. The standard InChI is InChI=1S/C19H20N2O2/c1-23-16-11-9-15(10-12-16)21-17-8-5-13-20(17)18(19(21)22)14-6-3-2-4-7-14/h2-4,6-7,9-12,17-18H,5,8,13H2,1H3/t17-,18+/m0/s1. The molecular weight excluding hydrogens is 288 g/mol. The van der Waals surface area contributed by atoms with Crippen LogP contribution >= 0.6 is 0 Å². The van der Waals surface area contributed by atoms with Crippen LogP contribution in [-0.2, 0) is 4.79 Å². The van der Waals surface area contributed by atoms with E-state index in [-0.39, 0.29) is 18.1 Å². The Labute approximate surface area is 136 Å². The Hall–Kier alpha value is -2.33. The molecule has 2 aliphatic heterocycles. The average Bonchev–Trinajstić information content (AvgIpc) is 3.15. The second-order valence-corrected chi connectivity index (χ2v) is 6.08. The van der Waals surface area contributed by atoms with Crippen LogP contribution in [-0.4, -0.2) is 30.6 Å². The van der Waals surface area contributed by atoms with Crippen molar-refractivity contribution in [2.45, 2.75) is 25.0 Å². The van der Waals surface area contributed by atoms with E-state index in [0.29, 0.717) is 0 Å². The summed E-state index contributed by atoms with van der Waals surface area (Å²) in [4.78, 5) is 17.4. The molecule has 23 heavy (non-hydrogen) atoms. The maximum atomic E-state index is 13.1. The Morgan fingerprint density at radius 1 is 1.04 bits per heavy atom. The second kappa shape index (κ2) is 5.70. The predicted molar refractivity (Wildman–Crippen MR) is 89.4 cm³/mol. The number of ether oxygens (including phenoxy) is 1. The first kappa shape index (κ1) is 14.3. The van der Waals surface area contributed by atoms with E-state index in [4.69, 9.17) is 4.74 Å². The Bertz CT molecular complexity index is 699. The molecule has 118 valence electrons. The van der Waals surface area contributed by atoms with E-state index >= 15 is 0 Å². The summed E-state index contributed by atoms with van der Waals surface area (Å²) in [6.45, 7) is 0.975. The highest BCUT2D eigenvalue weighted by Crippen LogP contribution is 2.41. The zero-order valence-electron chi connectivity index (χ0n) is 13.2. The molecule has 2 fully saturated rings. The lowest BCUT2D eigenvalue weighted by atomic mass is 10.1. The van der Waals surface area contributed by atoms with Gasteiger partial charge in [0.05, 0.1) is 13.3 Å². The molecular formula is C19H20N2O2. The lowest BCUT2D eigenvalue weighted by Gasteiger charge is -2.24. The quantitative estimate of drug-likeness (QED) is 0.873. The first-order chi connectivity index (χ1) is 11.3. The molecule has 4 rings (SSSR count). The number of rotatable bonds is 3. The van der Waals surface area contributed by atoms with Gasteiger partial charge in [-0.25, -0.2) is 0 Å². The summed E-state index contributed by atoms with van der Waals surface area (Å²) in [6.07, 6.45) is 2.33. The molecule has 2 aliphatic rings. The van der Waals surface area contributed by atoms with Crippen LogP contribution < -0.4 is 9.64 Å². The number of benzene rings is 2. The fourth-order valence-corrected chi connectivity index (χ4v) is 3.78. The van der Waals surface area contributed by atoms with E-state index in [1.807, 2.05) is 47.4 Å². The minimum absolute atomic E-state index is 0.161. The molecule has 2 aromatic rings. The first-order valence-electron chi connectivity index (χ1n) is 8.07. The van der Waals surface area contributed by atoms with Gasteiger partial charge >= 0.3 is 0 Å². The van der Waals surface area contributed by atoms with Crippen molar-refractivity contribution in [3.05, 3.63) is 60.2 Å². The van der Waals surface area contributed by atoms with Gasteiger partial charge in [-0.1, -0.05) is 30.3 Å². The Balaban J connectivity index is 1.71. The van der Waals surface area contributed by atoms with Gasteiger partial charge in [0.1, 0.15) is 11.8 Å². The van der Waals surface area contributed by atoms with Crippen LogP contribution in [0.2, 0.25) is 0 Å². The number of nitrogens with zero attached hydrogens (tertiary/aromatic N) is 2. The topological polar surface area (TPSA) is 32.8 Å². The summed E-state index contributed by atoms with van der Waals surface area (Å²) >= 11 is 0.